The van der Waals surface area contributed by atoms with Gasteiger partial charge in [-0.05, 0) is 12.1 Å². The smallest absolute Gasteiger partial charge is 0.272 e. The first-order chi connectivity index (χ1) is 8.75. The van der Waals surface area contributed by atoms with E-state index in [9.17, 15) is 8.78 Å². The van der Waals surface area contributed by atoms with E-state index in [4.69, 9.17) is 4.74 Å². The summed E-state index contributed by atoms with van der Waals surface area (Å²) in [4.78, 5) is 7.00. The van der Waals surface area contributed by atoms with E-state index in [2.05, 4.69) is 15.3 Å². The zero-order valence-electron chi connectivity index (χ0n) is 9.57. The molecule has 2 aromatic rings. The maximum atomic E-state index is 12.1. The van der Waals surface area contributed by atoms with Gasteiger partial charge in [-0.3, -0.25) is 0 Å². The van der Waals surface area contributed by atoms with E-state index in [1.54, 1.807) is 36.7 Å². The molecule has 0 aliphatic carbocycles. The molecule has 0 bridgehead atoms. The van der Waals surface area contributed by atoms with Crippen LogP contribution in [0.4, 0.5) is 14.5 Å². The van der Waals surface area contributed by atoms with Crippen molar-refractivity contribution in [3.05, 3.63) is 42.5 Å². The molecule has 0 atom stereocenters. The lowest BCUT2D eigenvalue weighted by atomic mass is 10.3. The molecule has 2 N–H and O–H groups in total. The van der Waals surface area contributed by atoms with Crippen molar-refractivity contribution in [3.63, 3.8) is 0 Å². The molecule has 1 aromatic heterocycles. The van der Waals surface area contributed by atoms with Crippen LogP contribution in [0.3, 0.4) is 0 Å². The van der Waals surface area contributed by atoms with Crippen molar-refractivity contribution in [3.8, 4) is 5.75 Å². The number of anilines is 1. The molecule has 0 saturated carbocycles. The summed E-state index contributed by atoms with van der Waals surface area (Å²) < 4.78 is 29.2. The monoisotopic (exact) mass is 253 g/mol. The lowest BCUT2D eigenvalue weighted by Gasteiger charge is -2.12. The Bertz CT molecular complexity index is 474. The molecule has 0 aliphatic rings. The summed E-state index contributed by atoms with van der Waals surface area (Å²) in [7, 11) is 0. The Morgan fingerprint density at radius 3 is 2.89 bits per heavy atom. The van der Waals surface area contributed by atoms with Crippen molar-refractivity contribution >= 4 is 5.69 Å². The number of nitrogens with zero attached hydrogens (tertiary/aromatic N) is 1. The summed E-state index contributed by atoms with van der Waals surface area (Å²) in [5.74, 6) is 1.17. The van der Waals surface area contributed by atoms with Crippen LogP contribution in [0.5, 0.6) is 5.75 Å². The van der Waals surface area contributed by atoms with Crippen molar-refractivity contribution in [2.75, 3.05) is 11.9 Å². The summed E-state index contributed by atoms with van der Waals surface area (Å²) in [5, 5.41) is 3.08. The first-order valence-electron chi connectivity index (χ1n) is 5.48. The predicted octanol–water partition coefficient (Wildman–Crippen LogP) is 2.67. The third kappa shape index (κ3) is 3.44. The minimum atomic E-state index is -2.48. The van der Waals surface area contributed by atoms with Gasteiger partial charge in [-0.15, -0.1) is 0 Å². The number of H-pyrrole nitrogens is 1. The standard InChI is InChI=1S/C12H13F2N3O/c13-11(14)8-18-10-4-2-1-3-9(10)17-7-12-15-5-6-16-12/h1-6,11,17H,7-8H2,(H,15,16). The highest BCUT2D eigenvalue weighted by Gasteiger charge is 2.07. The molecular weight excluding hydrogens is 240 g/mol. The van der Waals surface area contributed by atoms with E-state index in [-0.39, 0.29) is 0 Å². The second kappa shape index (κ2) is 6.00. The Morgan fingerprint density at radius 1 is 1.33 bits per heavy atom. The van der Waals surface area contributed by atoms with Gasteiger partial charge >= 0.3 is 0 Å². The van der Waals surface area contributed by atoms with Crippen LogP contribution >= 0.6 is 0 Å². The minimum Gasteiger partial charge on any atom is -0.485 e. The van der Waals surface area contributed by atoms with Crippen molar-refractivity contribution in [1.29, 1.82) is 0 Å². The number of para-hydroxylation sites is 2. The molecule has 1 aromatic carbocycles. The number of imidazole rings is 1. The lowest BCUT2D eigenvalue weighted by molar-refractivity contribution is 0.0822. The van der Waals surface area contributed by atoms with E-state index < -0.39 is 13.0 Å². The summed E-state index contributed by atoms with van der Waals surface area (Å²) in [6.07, 6.45) is 0.884. The van der Waals surface area contributed by atoms with Crippen LogP contribution < -0.4 is 10.1 Å². The number of rotatable bonds is 6. The van der Waals surface area contributed by atoms with Gasteiger partial charge in [0.25, 0.3) is 6.43 Å². The fourth-order valence-electron chi connectivity index (χ4n) is 1.46. The highest BCUT2D eigenvalue weighted by atomic mass is 19.3. The predicted molar refractivity (Wildman–Crippen MR) is 63.9 cm³/mol. The Hall–Kier alpha value is -2.11. The Kier molecular flexibility index (Phi) is 4.11. The SMILES string of the molecule is FC(F)COc1ccccc1NCc1ncc[nH]1. The van der Waals surface area contributed by atoms with Gasteiger partial charge in [-0.2, -0.15) is 0 Å². The van der Waals surface area contributed by atoms with Crippen LogP contribution in [-0.2, 0) is 6.54 Å². The van der Waals surface area contributed by atoms with Crippen LogP contribution in [0.25, 0.3) is 0 Å². The summed E-state index contributed by atoms with van der Waals surface area (Å²) >= 11 is 0. The zero-order chi connectivity index (χ0) is 12.8. The van der Waals surface area contributed by atoms with Crippen LogP contribution in [-0.4, -0.2) is 23.0 Å². The number of halogens is 2. The number of ether oxygens (including phenoxy) is 1. The topological polar surface area (TPSA) is 49.9 Å². The highest BCUT2D eigenvalue weighted by molar-refractivity contribution is 5.56. The number of hydrogen-bond donors (Lipinski definition) is 2. The Balaban J connectivity index is 1.98. The van der Waals surface area contributed by atoms with E-state index in [1.807, 2.05) is 0 Å². The summed E-state index contributed by atoms with van der Waals surface area (Å²) in [6, 6.07) is 6.95. The maximum absolute atomic E-state index is 12.1. The molecule has 4 nitrogen and oxygen atoms in total. The molecule has 2 rings (SSSR count). The van der Waals surface area contributed by atoms with Crippen molar-refractivity contribution in [2.24, 2.45) is 0 Å². The molecular formula is C12H13F2N3O. The average molecular weight is 253 g/mol. The van der Waals surface area contributed by atoms with Gasteiger partial charge in [0.1, 0.15) is 18.2 Å². The second-order valence-electron chi connectivity index (χ2n) is 3.59. The molecule has 6 heteroatoms. The number of nitrogens with one attached hydrogen (secondary N) is 2. The molecule has 0 amide bonds. The van der Waals surface area contributed by atoms with Gasteiger partial charge in [0.15, 0.2) is 0 Å². The zero-order valence-corrected chi connectivity index (χ0v) is 9.57. The largest absolute Gasteiger partial charge is 0.485 e. The normalized spacial score (nSPS) is 10.6. The Morgan fingerprint density at radius 2 is 2.17 bits per heavy atom. The van der Waals surface area contributed by atoms with E-state index in [0.717, 1.165) is 5.82 Å². The number of benzene rings is 1. The van der Waals surface area contributed by atoms with Crippen LogP contribution in [0.1, 0.15) is 5.82 Å². The summed E-state index contributed by atoms with van der Waals surface area (Å²) in [5.41, 5.74) is 0.662. The fraction of sp³-hybridized carbons (Fsp3) is 0.250. The van der Waals surface area contributed by atoms with Crippen LogP contribution in [0, 0.1) is 0 Å². The minimum absolute atomic E-state index is 0.407. The van der Waals surface area contributed by atoms with E-state index >= 15 is 0 Å². The summed E-state index contributed by atoms with van der Waals surface area (Å²) in [6.45, 7) is -0.137. The molecule has 0 aliphatic heterocycles. The molecule has 0 radical (unpaired) electrons. The fourth-order valence-corrected chi connectivity index (χ4v) is 1.46. The maximum Gasteiger partial charge on any atom is 0.272 e. The Labute approximate surface area is 103 Å². The first-order valence-corrected chi connectivity index (χ1v) is 5.48. The van der Waals surface area contributed by atoms with Crippen molar-refractivity contribution in [1.82, 2.24) is 9.97 Å². The molecule has 1 heterocycles. The van der Waals surface area contributed by atoms with E-state index in [0.29, 0.717) is 18.0 Å². The molecule has 0 spiro atoms. The van der Waals surface area contributed by atoms with E-state index in [1.165, 1.54) is 0 Å². The molecule has 0 saturated heterocycles. The van der Waals surface area contributed by atoms with Crippen LogP contribution in [0.2, 0.25) is 0 Å². The third-order valence-electron chi connectivity index (χ3n) is 2.25. The number of aromatic nitrogens is 2. The first kappa shape index (κ1) is 12.3. The second-order valence-corrected chi connectivity index (χ2v) is 3.59. The molecule has 0 fully saturated rings. The molecule has 0 unspecified atom stereocenters. The third-order valence-corrected chi connectivity index (χ3v) is 2.25. The number of alkyl halides is 2. The van der Waals surface area contributed by atoms with Crippen LogP contribution in [0.15, 0.2) is 36.7 Å². The highest BCUT2D eigenvalue weighted by Crippen LogP contribution is 2.24. The lowest BCUT2D eigenvalue weighted by Crippen LogP contribution is -2.09. The molecule has 18 heavy (non-hydrogen) atoms. The number of aromatic amines is 1. The quantitative estimate of drug-likeness (QED) is 0.832. The van der Waals surface area contributed by atoms with Gasteiger partial charge in [-0.25, -0.2) is 13.8 Å². The van der Waals surface area contributed by atoms with Gasteiger partial charge < -0.3 is 15.0 Å². The average Bonchev–Trinajstić information content (AvgIpc) is 2.88. The van der Waals surface area contributed by atoms with Crippen molar-refractivity contribution in [2.45, 2.75) is 13.0 Å². The van der Waals surface area contributed by atoms with Crippen molar-refractivity contribution < 1.29 is 13.5 Å². The van der Waals surface area contributed by atoms with Gasteiger partial charge in [0, 0.05) is 12.4 Å². The molecule has 96 valence electrons. The van der Waals surface area contributed by atoms with Gasteiger partial charge in [0.2, 0.25) is 0 Å². The number of hydrogen-bond acceptors (Lipinski definition) is 3. The van der Waals surface area contributed by atoms with Gasteiger partial charge in [0.05, 0.1) is 12.2 Å². The van der Waals surface area contributed by atoms with Gasteiger partial charge in [-0.1, -0.05) is 12.1 Å².